The van der Waals surface area contributed by atoms with Crippen molar-refractivity contribution in [2.24, 2.45) is 0 Å². The van der Waals surface area contributed by atoms with Crippen LogP contribution in [0.5, 0.6) is 5.75 Å². The Morgan fingerprint density at radius 1 is 0.974 bits per heavy atom. The molecule has 10 heteroatoms. The zero-order valence-electron chi connectivity index (χ0n) is 23.3. The molecule has 0 radical (unpaired) electrons. The second-order valence-corrected chi connectivity index (χ2v) is 9.55. The fourth-order valence-electron chi connectivity index (χ4n) is 4.15. The van der Waals surface area contributed by atoms with Gasteiger partial charge >= 0.3 is 0 Å². The summed E-state index contributed by atoms with van der Waals surface area (Å²) in [7, 11) is 2.84. The first-order valence-electron chi connectivity index (χ1n) is 13.4. The molecule has 212 valence electrons. The largest absolute Gasteiger partial charge is 0.492 e. The predicted molar refractivity (Wildman–Crippen MR) is 148 cm³/mol. The number of unbranched alkanes of at least 4 members (excludes halogenated alkanes) is 1. The van der Waals surface area contributed by atoms with Crippen molar-refractivity contribution >= 4 is 17.7 Å². The fraction of sp³-hybridized carbons (Fsp3) is 0.483. The molecule has 0 spiro atoms. The predicted octanol–water partition coefficient (Wildman–Crippen LogP) is 2.49. The molecule has 0 saturated carbocycles. The standard InChI is InChI=1S/C29H40N4O6/c1-5-6-18-39-31-28(36)29(2,27(35)30-3)32(4)26(34)24-9-7-22(8-10-24)23-11-13-25(14-12-23)38-21-17-33-15-19-37-20-16-33/h7-14H,5-6,15-21H2,1-4H3,(H,30,35)(H,31,36)/t29-/m0/s1. The highest BCUT2D eigenvalue weighted by atomic mass is 16.7. The number of nitrogens with one attached hydrogen (secondary N) is 2. The summed E-state index contributed by atoms with van der Waals surface area (Å²) in [5, 5.41) is 2.47. The van der Waals surface area contributed by atoms with Crippen molar-refractivity contribution in [3.05, 3.63) is 54.1 Å². The van der Waals surface area contributed by atoms with Crippen LogP contribution in [-0.2, 0) is 19.2 Å². The van der Waals surface area contributed by atoms with E-state index in [2.05, 4.69) is 15.7 Å². The number of ether oxygens (including phenoxy) is 2. The van der Waals surface area contributed by atoms with Crippen LogP contribution < -0.4 is 15.5 Å². The van der Waals surface area contributed by atoms with Gasteiger partial charge in [-0.25, -0.2) is 5.48 Å². The molecule has 1 atom stereocenters. The Bertz CT molecular complexity index is 1090. The Kier molecular flexibility index (Phi) is 11.3. The number of carbonyl (C=O) groups is 3. The summed E-state index contributed by atoms with van der Waals surface area (Å²) < 4.78 is 11.3. The summed E-state index contributed by atoms with van der Waals surface area (Å²) in [6, 6.07) is 14.8. The molecule has 1 aliphatic rings. The van der Waals surface area contributed by atoms with Crippen molar-refractivity contribution in [2.45, 2.75) is 32.2 Å². The third-order valence-electron chi connectivity index (χ3n) is 6.95. The molecule has 1 fully saturated rings. The van der Waals surface area contributed by atoms with Gasteiger partial charge in [0.05, 0.1) is 19.8 Å². The van der Waals surface area contributed by atoms with E-state index in [0.717, 1.165) is 67.5 Å². The van der Waals surface area contributed by atoms with Gasteiger partial charge in [0.25, 0.3) is 17.7 Å². The summed E-state index contributed by atoms with van der Waals surface area (Å²) >= 11 is 0. The highest BCUT2D eigenvalue weighted by Crippen LogP contribution is 2.24. The SMILES string of the molecule is CCCCONC(=O)[C@](C)(C(=O)NC)N(C)C(=O)c1ccc(-c2ccc(OCCN3CCOCC3)cc2)cc1. The monoisotopic (exact) mass is 540 g/mol. The first kappa shape index (κ1) is 30.1. The molecular weight excluding hydrogens is 500 g/mol. The number of morpholine rings is 1. The zero-order chi connectivity index (χ0) is 28.3. The summed E-state index contributed by atoms with van der Waals surface area (Å²) in [5.74, 6) is -1.03. The third-order valence-corrected chi connectivity index (χ3v) is 6.95. The second-order valence-electron chi connectivity index (χ2n) is 9.55. The molecule has 0 bridgehead atoms. The summed E-state index contributed by atoms with van der Waals surface area (Å²) in [5.41, 5.74) is 2.74. The number of hydroxylamine groups is 1. The van der Waals surface area contributed by atoms with Crippen LogP contribution >= 0.6 is 0 Å². The van der Waals surface area contributed by atoms with Crippen molar-refractivity contribution in [1.82, 2.24) is 20.6 Å². The van der Waals surface area contributed by atoms with E-state index in [0.29, 0.717) is 18.8 Å². The van der Waals surface area contributed by atoms with Crippen LogP contribution in [0.1, 0.15) is 37.0 Å². The van der Waals surface area contributed by atoms with Gasteiger partial charge in [-0.05, 0) is 48.7 Å². The summed E-state index contributed by atoms with van der Waals surface area (Å²) in [6.07, 6.45) is 1.65. The molecule has 1 saturated heterocycles. The number of nitrogens with zero attached hydrogens (tertiary/aromatic N) is 2. The van der Waals surface area contributed by atoms with Gasteiger partial charge < -0.3 is 19.7 Å². The van der Waals surface area contributed by atoms with Gasteiger partial charge in [-0.2, -0.15) is 0 Å². The van der Waals surface area contributed by atoms with Crippen molar-refractivity contribution in [2.75, 3.05) is 60.2 Å². The molecule has 2 N–H and O–H groups in total. The van der Waals surface area contributed by atoms with Crippen LogP contribution in [0.15, 0.2) is 48.5 Å². The lowest BCUT2D eigenvalue weighted by atomic mass is 9.96. The maximum absolute atomic E-state index is 13.3. The molecule has 2 aromatic carbocycles. The lowest BCUT2D eigenvalue weighted by Gasteiger charge is -2.35. The van der Waals surface area contributed by atoms with Crippen molar-refractivity contribution in [1.29, 1.82) is 0 Å². The van der Waals surface area contributed by atoms with Gasteiger partial charge in [-0.15, -0.1) is 0 Å². The Morgan fingerprint density at radius 3 is 2.18 bits per heavy atom. The molecule has 0 aromatic heterocycles. The van der Waals surface area contributed by atoms with Crippen molar-refractivity contribution in [3.8, 4) is 16.9 Å². The first-order chi connectivity index (χ1) is 18.8. The van der Waals surface area contributed by atoms with E-state index in [-0.39, 0.29) is 0 Å². The van der Waals surface area contributed by atoms with Crippen molar-refractivity contribution in [3.63, 3.8) is 0 Å². The molecule has 39 heavy (non-hydrogen) atoms. The van der Waals surface area contributed by atoms with Crippen molar-refractivity contribution < 1.29 is 28.7 Å². The van der Waals surface area contributed by atoms with E-state index in [1.54, 1.807) is 12.1 Å². The van der Waals surface area contributed by atoms with E-state index < -0.39 is 23.3 Å². The van der Waals surface area contributed by atoms with Crippen LogP contribution in [0, 0.1) is 0 Å². The van der Waals surface area contributed by atoms with Gasteiger partial charge in [-0.1, -0.05) is 37.6 Å². The zero-order valence-corrected chi connectivity index (χ0v) is 23.3. The highest BCUT2D eigenvalue weighted by molar-refractivity contribution is 6.12. The maximum atomic E-state index is 13.3. The number of rotatable bonds is 13. The quantitative estimate of drug-likeness (QED) is 0.228. The molecule has 3 amide bonds. The number of carbonyl (C=O) groups excluding carboxylic acids is 3. The number of hydrogen-bond acceptors (Lipinski definition) is 7. The Balaban J connectivity index is 1.62. The van der Waals surface area contributed by atoms with E-state index >= 15 is 0 Å². The van der Waals surface area contributed by atoms with Gasteiger partial charge in [-0.3, -0.25) is 24.1 Å². The average Bonchev–Trinajstić information content (AvgIpc) is 2.98. The van der Waals surface area contributed by atoms with Crippen LogP contribution in [0.4, 0.5) is 0 Å². The minimum atomic E-state index is -1.81. The van der Waals surface area contributed by atoms with Gasteiger partial charge in [0, 0.05) is 39.3 Å². The number of hydrogen-bond donors (Lipinski definition) is 2. The summed E-state index contributed by atoms with van der Waals surface area (Å²) in [4.78, 5) is 47.6. The lowest BCUT2D eigenvalue weighted by molar-refractivity contribution is -0.151. The Labute approximate surface area is 230 Å². The fourth-order valence-corrected chi connectivity index (χ4v) is 4.15. The molecule has 0 aliphatic carbocycles. The Morgan fingerprint density at radius 2 is 1.59 bits per heavy atom. The third kappa shape index (κ3) is 7.78. The summed E-state index contributed by atoms with van der Waals surface area (Å²) in [6.45, 7) is 8.58. The van der Waals surface area contributed by atoms with Crippen LogP contribution in [0.3, 0.4) is 0 Å². The second kappa shape index (κ2) is 14.6. The van der Waals surface area contributed by atoms with Gasteiger partial charge in [0.2, 0.25) is 0 Å². The molecule has 1 aliphatic heterocycles. The van der Waals surface area contributed by atoms with E-state index in [1.165, 1.54) is 21.0 Å². The maximum Gasteiger partial charge on any atom is 0.279 e. The number of amides is 3. The number of likely N-dealkylation sites (N-methyl/N-ethyl adjacent to an activating group) is 2. The van der Waals surface area contributed by atoms with Gasteiger partial charge in [0.1, 0.15) is 12.4 Å². The Hall–Kier alpha value is -3.47. The smallest absolute Gasteiger partial charge is 0.279 e. The van der Waals surface area contributed by atoms with E-state index in [1.807, 2.05) is 43.3 Å². The molecule has 3 rings (SSSR count). The van der Waals surface area contributed by atoms with Crippen LogP contribution in [0.2, 0.25) is 0 Å². The molecule has 0 unspecified atom stereocenters. The molecule has 10 nitrogen and oxygen atoms in total. The lowest BCUT2D eigenvalue weighted by Crippen LogP contribution is -2.64. The van der Waals surface area contributed by atoms with Gasteiger partial charge in [0.15, 0.2) is 5.54 Å². The molecule has 2 aromatic rings. The molecular formula is C29H40N4O6. The van der Waals surface area contributed by atoms with E-state index in [9.17, 15) is 14.4 Å². The van der Waals surface area contributed by atoms with Crippen LogP contribution in [0.25, 0.3) is 11.1 Å². The van der Waals surface area contributed by atoms with E-state index in [4.69, 9.17) is 14.3 Å². The minimum absolute atomic E-state index is 0.312. The average molecular weight is 541 g/mol. The van der Waals surface area contributed by atoms with Crippen LogP contribution in [-0.4, -0.2) is 93.2 Å². The number of benzene rings is 2. The molecule has 1 heterocycles. The minimum Gasteiger partial charge on any atom is -0.492 e. The highest BCUT2D eigenvalue weighted by Gasteiger charge is 2.47. The normalized spacial score (nSPS) is 15.2. The first-order valence-corrected chi connectivity index (χ1v) is 13.4. The topological polar surface area (TPSA) is 109 Å².